The van der Waals surface area contributed by atoms with E-state index < -0.39 is 13.4 Å². The molecule has 0 saturated heterocycles. The Labute approximate surface area is 103 Å². The molecule has 0 spiro atoms. The molecule has 1 atom stereocenters. The van der Waals surface area contributed by atoms with E-state index in [0.717, 1.165) is 11.1 Å². The molecule has 0 fully saturated rings. The van der Waals surface area contributed by atoms with Gasteiger partial charge in [0.05, 0.1) is 13.2 Å². The maximum absolute atomic E-state index is 12.5. The van der Waals surface area contributed by atoms with Crippen molar-refractivity contribution in [1.82, 2.24) is 0 Å². The summed E-state index contributed by atoms with van der Waals surface area (Å²) < 4.78 is 23.0. The highest BCUT2D eigenvalue weighted by Crippen LogP contribution is 2.58. The molecular formula is C12H20NO3P. The quantitative estimate of drug-likeness (QED) is 0.795. The van der Waals surface area contributed by atoms with Crippen LogP contribution in [0.5, 0.6) is 0 Å². The molecule has 17 heavy (non-hydrogen) atoms. The van der Waals surface area contributed by atoms with Crippen molar-refractivity contribution in [2.45, 2.75) is 26.6 Å². The minimum absolute atomic E-state index is 0.316. The van der Waals surface area contributed by atoms with Crippen LogP contribution in [0.1, 0.15) is 30.8 Å². The summed E-state index contributed by atoms with van der Waals surface area (Å²) in [4.78, 5) is 0. The van der Waals surface area contributed by atoms with Crippen molar-refractivity contribution >= 4 is 7.60 Å². The first-order chi connectivity index (χ1) is 8.05. The molecule has 0 heterocycles. The first-order valence-corrected chi connectivity index (χ1v) is 7.36. The fourth-order valence-electron chi connectivity index (χ4n) is 1.65. The fourth-order valence-corrected chi connectivity index (χ4v) is 3.39. The van der Waals surface area contributed by atoms with Gasteiger partial charge in [0.25, 0.3) is 0 Å². The Kier molecular flexibility index (Phi) is 5.34. The molecule has 0 saturated carbocycles. The minimum Gasteiger partial charge on any atom is -0.314 e. The van der Waals surface area contributed by atoms with E-state index in [1.807, 2.05) is 31.2 Å². The lowest BCUT2D eigenvalue weighted by Crippen LogP contribution is -2.16. The molecule has 0 amide bonds. The van der Waals surface area contributed by atoms with Gasteiger partial charge in [0.15, 0.2) is 0 Å². The van der Waals surface area contributed by atoms with Crippen LogP contribution in [0.4, 0.5) is 0 Å². The van der Waals surface area contributed by atoms with Crippen molar-refractivity contribution in [3.63, 3.8) is 0 Å². The Balaban J connectivity index is 3.04. The number of nitrogens with two attached hydrogens (primary N) is 1. The van der Waals surface area contributed by atoms with Gasteiger partial charge in [-0.3, -0.25) is 4.57 Å². The lowest BCUT2D eigenvalue weighted by atomic mass is 10.1. The van der Waals surface area contributed by atoms with Crippen LogP contribution in [-0.2, 0) is 13.6 Å². The summed E-state index contributed by atoms with van der Waals surface area (Å²) in [6.45, 7) is 6.11. The van der Waals surface area contributed by atoms with Gasteiger partial charge in [-0.1, -0.05) is 24.3 Å². The van der Waals surface area contributed by atoms with E-state index in [1.54, 1.807) is 13.8 Å². The molecule has 1 aromatic carbocycles. The van der Waals surface area contributed by atoms with Crippen LogP contribution in [-0.4, -0.2) is 13.2 Å². The van der Waals surface area contributed by atoms with Crippen molar-refractivity contribution < 1.29 is 13.6 Å². The van der Waals surface area contributed by atoms with E-state index in [-0.39, 0.29) is 0 Å². The van der Waals surface area contributed by atoms with Gasteiger partial charge in [-0.2, -0.15) is 0 Å². The monoisotopic (exact) mass is 257 g/mol. The third kappa shape index (κ3) is 3.39. The van der Waals surface area contributed by atoms with E-state index in [0.29, 0.717) is 13.2 Å². The summed E-state index contributed by atoms with van der Waals surface area (Å²) in [7, 11) is -3.28. The number of hydrogen-bond donors (Lipinski definition) is 1. The lowest BCUT2D eigenvalue weighted by molar-refractivity contribution is 0.212. The summed E-state index contributed by atoms with van der Waals surface area (Å²) >= 11 is 0. The topological polar surface area (TPSA) is 61.5 Å². The van der Waals surface area contributed by atoms with Crippen LogP contribution in [0.15, 0.2) is 24.3 Å². The second-order valence-corrected chi connectivity index (χ2v) is 5.83. The normalized spacial score (nSPS) is 13.6. The molecule has 0 radical (unpaired) electrons. The zero-order valence-corrected chi connectivity index (χ0v) is 11.4. The maximum atomic E-state index is 12.5. The predicted molar refractivity (Wildman–Crippen MR) is 69.0 cm³/mol. The van der Waals surface area contributed by atoms with Gasteiger partial charge in [0.2, 0.25) is 0 Å². The summed E-state index contributed by atoms with van der Waals surface area (Å²) in [5.41, 5.74) is 7.82. The van der Waals surface area contributed by atoms with Crippen molar-refractivity contribution in [3.8, 4) is 0 Å². The molecule has 0 aliphatic heterocycles. The van der Waals surface area contributed by atoms with E-state index >= 15 is 0 Å². The van der Waals surface area contributed by atoms with Crippen LogP contribution >= 0.6 is 7.60 Å². The third-order valence-electron chi connectivity index (χ3n) is 2.47. The van der Waals surface area contributed by atoms with E-state index in [9.17, 15) is 4.57 Å². The second kappa shape index (κ2) is 6.31. The van der Waals surface area contributed by atoms with Crippen molar-refractivity contribution in [1.29, 1.82) is 0 Å². The van der Waals surface area contributed by atoms with Crippen LogP contribution in [0.3, 0.4) is 0 Å². The Morgan fingerprint density at radius 1 is 1.24 bits per heavy atom. The van der Waals surface area contributed by atoms with Gasteiger partial charge in [0.1, 0.15) is 5.78 Å². The first kappa shape index (κ1) is 14.4. The van der Waals surface area contributed by atoms with Crippen LogP contribution in [0, 0.1) is 6.92 Å². The van der Waals surface area contributed by atoms with E-state index in [2.05, 4.69) is 0 Å². The zero-order chi connectivity index (χ0) is 12.9. The van der Waals surface area contributed by atoms with Crippen molar-refractivity contribution in [2.24, 2.45) is 5.73 Å². The van der Waals surface area contributed by atoms with Crippen molar-refractivity contribution in [2.75, 3.05) is 13.2 Å². The minimum atomic E-state index is -3.28. The van der Waals surface area contributed by atoms with Gasteiger partial charge >= 0.3 is 7.60 Å². The maximum Gasteiger partial charge on any atom is 0.351 e. The largest absolute Gasteiger partial charge is 0.351 e. The second-order valence-electron chi connectivity index (χ2n) is 3.68. The van der Waals surface area contributed by atoms with Crippen LogP contribution < -0.4 is 5.73 Å². The van der Waals surface area contributed by atoms with Gasteiger partial charge in [-0.15, -0.1) is 0 Å². The summed E-state index contributed by atoms with van der Waals surface area (Å²) in [5, 5.41) is 0. The van der Waals surface area contributed by atoms with Crippen LogP contribution in [0.2, 0.25) is 0 Å². The lowest BCUT2D eigenvalue weighted by Gasteiger charge is -2.24. The zero-order valence-electron chi connectivity index (χ0n) is 10.6. The molecule has 0 bridgehead atoms. The summed E-state index contributed by atoms with van der Waals surface area (Å²) in [5.74, 6) is -0.733. The van der Waals surface area contributed by atoms with Crippen molar-refractivity contribution in [3.05, 3.63) is 35.4 Å². The molecule has 2 N–H and O–H groups in total. The molecule has 0 aliphatic rings. The van der Waals surface area contributed by atoms with E-state index in [4.69, 9.17) is 14.8 Å². The Morgan fingerprint density at radius 3 is 2.24 bits per heavy atom. The molecule has 0 aliphatic carbocycles. The highest BCUT2D eigenvalue weighted by atomic mass is 31.2. The van der Waals surface area contributed by atoms with Gasteiger partial charge in [-0.25, -0.2) is 0 Å². The number of rotatable bonds is 6. The predicted octanol–water partition coefficient (Wildman–Crippen LogP) is 3.22. The number of aryl methyl sites for hydroxylation is 1. The van der Waals surface area contributed by atoms with Gasteiger partial charge < -0.3 is 14.8 Å². The Bertz CT molecular complexity index is 398. The van der Waals surface area contributed by atoms with Crippen LogP contribution in [0.25, 0.3) is 0 Å². The molecule has 1 aromatic rings. The van der Waals surface area contributed by atoms with Gasteiger partial charge in [-0.05, 0) is 31.9 Å². The Morgan fingerprint density at radius 2 is 1.76 bits per heavy atom. The molecule has 0 aromatic heterocycles. The molecule has 1 rings (SSSR count). The molecular weight excluding hydrogens is 237 g/mol. The van der Waals surface area contributed by atoms with E-state index in [1.165, 1.54) is 0 Å². The smallest absolute Gasteiger partial charge is 0.314 e. The third-order valence-corrected chi connectivity index (χ3v) is 4.66. The number of benzene rings is 1. The average molecular weight is 257 g/mol. The van der Waals surface area contributed by atoms with Gasteiger partial charge in [0, 0.05) is 0 Å². The molecule has 4 nitrogen and oxygen atoms in total. The molecule has 96 valence electrons. The average Bonchev–Trinajstić information content (AvgIpc) is 2.29. The molecule has 5 heteroatoms. The first-order valence-electron chi connectivity index (χ1n) is 5.75. The Hall–Kier alpha value is -0.670. The standard InChI is InChI=1S/C12H20NO3P/c1-4-15-17(14,16-5-2)12(13)11-9-7-6-8-10(11)3/h6-9,12H,4-5,13H2,1-3H3/t12-/m1/s1. The molecule has 0 unspecified atom stereocenters. The summed E-state index contributed by atoms with van der Waals surface area (Å²) in [6, 6.07) is 7.56. The fraction of sp³-hybridized carbons (Fsp3) is 0.500. The SMILES string of the molecule is CCOP(=O)(OCC)[C@@H](N)c1ccccc1C. The highest BCUT2D eigenvalue weighted by molar-refractivity contribution is 7.54. The summed E-state index contributed by atoms with van der Waals surface area (Å²) in [6.07, 6.45) is 0. The highest BCUT2D eigenvalue weighted by Gasteiger charge is 2.34. The number of hydrogen-bond acceptors (Lipinski definition) is 4.